The minimum atomic E-state index is -0.221. The highest BCUT2D eigenvalue weighted by Crippen LogP contribution is 2.07. The zero-order valence-corrected chi connectivity index (χ0v) is 8.28. The van der Waals surface area contributed by atoms with Gasteiger partial charge in [0.15, 0.2) is 0 Å². The van der Waals surface area contributed by atoms with Gasteiger partial charge >= 0.3 is 0 Å². The fourth-order valence-electron chi connectivity index (χ4n) is 1.55. The third kappa shape index (κ3) is 3.60. The molecule has 0 radical (unpaired) electrons. The molecule has 1 fully saturated rings. The normalized spacial score (nSPS) is 27.5. The van der Waals surface area contributed by atoms with E-state index >= 15 is 0 Å². The third-order valence-electron chi connectivity index (χ3n) is 2.46. The quantitative estimate of drug-likeness (QED) is 0.619. The first-order valence-electron chi connectivity index (χ1n) is 4.94. The molecule has 2 atom stereocenters. The van der Waals surface area contributed by atoms with Gasteiger partial charge in [0, 0.05) is 25.7 Å². The van der Waals surface area contributed by atoms with Gasteiger partial charge in [0.25, 0.3) is 0 Å². The van der Waals surface area contributed by atoms with Crippen LogP contribution in [0, 0.1) is 0 Å². The highest BCUT2D eigenvalue weighted by atomic mass is 16.5. The Morgan fingerprint density at radius 3 is 3.08 bits per heavy atom. The number of aliphatic hydroxyl groups is 1. The molecule has 2 unspecified atom stereocenters. The van der Waals surface area contributed by atoms with E-state index in [2.05, 4.69) is 4.90 Å². The van der Waals surface area contributed by atoms with Crippen molar-refractivity contribution in [3.8, 4) is 0 Å². The molecule has 4 heteroatoms. The van der Waals surface area contributed by atoms with Crippen molar-refractivity contribution >= 4 is 0 Å². The average molecular weight is 188 g/mol. The first kappa shape index (κ1) is 10.9. The molecule has 3 N–H and O–H groups in total. The fraction of sp³-hybridized carbons (Fsp3) is 1.00. The van der Waals surface area contributed by atoms with Crippen molar-refractivity contribution in [1.82, 2.24) is 4.90 Å². The second kappa shape index (κ2) is 5.54. The first-order valence-corrected chi connectivity index (χ1v) is 4.94. The molecule has 0 aromatic heterocycles. The average Bonchev–Trinajstić information content (AvgIpc) is 2.15. The number of nitrogens with zero attached hydrogens (tertiary/aromatic N) is 1. The van der Waals surface area contributed by atoms with Crippen LogP contribution in [0.5, 0.6) is 0 Å². The van der Waals surface area contributed by atoms with E-state index in [4.69, 9.17) is 15.6 Å². The lowest BCUT2D eigenvalue weighted by Gasteiger charge is -2.35. The fourth-order valence-corrected chi connectivity index (χ4v) is 1.55. The summed E-state index contributed by atoms with van der Waals surface area (Å²) in [6, 6.07) is 0.340. The largest absolute Gasteiger partial charge is 0.393 e. The Labute approximate surface area is 79.7 Å². The van der Waals surface area contributed by atoms with Crippen LogP contribution >= 0.6 is 0 Å². The zero-order chi connectivity index (χ0) is 9.68. The molecule has 0 amide bonds. The summed E-state index contributed by atoms with van der Waals surface area (Å²) in [6.07, 6.45) is 0.595. The van der Waals surface area contributed by atoms with Crippen molar-refractivity contribution in [3.05, 3.63) is 0 Å². The minimum absolute atomic E-state index is 0.221. The summed E-state index contributed by atoms with van der Waals surface area (Å²) >= 11 is 0. The first-order chi connectivity index (χ1) is 6.24. The van der Waals surface area contributed by atoms with Crippen molar-refractivity contribution < 1.29 is 9.84 Å². The summed E-state index contributed by atoms with van der Waals surface area (Å²) < 4.78 is 5.33. The van der Waals surface area contributed by atoms with Gasteiger partial charge in [0.1, 0.15) is 0 Å². The van der Waals surface area contributed by atoms with Crippen LogP contribution in [0.1, 0.15) is 13.3 Å². The van der Waals surface area contributed by atoms with Crippen LogP contribution < -0.4 is 5.73 Å². The molecule has 1 saturated heterocycles. The van der Waals surface area contributed by atoms with Gasteiger partial charge < -0.3 is 15.6 Å². The molecule has 1 aliphatic heterocycles. The molecule has 1 heterocycles. The third-order valence-corrected chi connectivity index (χ3v) is 2.46. The molecule has 0 bridgehead atoms. The Morgan fingerprint density at radius 2 is 2.46 bits per heavy atom. The number of morpholine rings is 1. The number of ether oxygens (including phenoxy) is 1. The summed E-state index contributed by atoms with van der Waals surface area (Å²) in [6.45, 7) is 5.84. The predicted octanol–water partition coefficient (Wildman–Crippen LogP) is -0.583. The van der Waals surface area contributed by atoms with Gasteiger partial charge in [-0.1, -0.05) is 0 Å². The van der Waals surface area contributed by atoms with Crippen molar-refractivity contribution in [1.29, 1.82) is 0 Å². The number of hydrogen-bond acceptors (Lipinski definition) is 4. The van der Waals surface area contributed by atoms with Crippen LogP contribution in [0.2, 0.25) is 0 Å². The molecule has 0 aliphatic carbocycles. The molecule has 78 valence electrons. The summed E-state index contributed by atoms with van der Waals surface area (Å²) in [5, 5.41) is 9.15. The van der Waals surface area contributed by atoms with Crippen LogP contribution in [-0.4, -0.2) is 55.0 Å². The van der Waals surface area contributed by atoms with Gasteiger partial charge in [-0.05, 0) is 13.3 Å². The lowest BCUT2D eigenvalue weighted by Crippen LogP contribution is -2.49. The van der Waals surface area contributed by atoms with E-state index in [0.717, 1.165) is 32.7 Å². The molecule has 0 aromatic carbocycles. The molecular weight excluding hydrogens is 168 g/mol. The van der Waals surface area contributed by atoms with Gasteiger partial charge in [-0.25, -0.2) is 0 Å². The molecular formula is C9H20N2O2. The van der Waals surface area contributed by atoms with Crippen molar-refractivity contribution in [2.45, 2.75) is 25.5 Å². The standard InChI is InChI=1S/C9H20N2O2/c1-8(12)2-3-11-4-5-13-7-9(11)6-10/h8-9,12H,2-7,10H2,1H3. The molecule has 1 rings (SSSR count). The summed E-state index contributed by atoms with van der Waals surface area (Å²) in [4.78, 5) is 2.30. The number of rotatable bonds is 4. The van der Waals surface area contributed by atoms with E-state index in [1.807, 2.05) is 6.92 Å². The number of nitrogens with two attached hydrogens (primary N) is 1. The van der Waals surface area contributed by atoms with Crippen LogP contribution in [0.25, 0.3) is 0 Å². The zero-order valence-electron chi connectivity index (χ0n) is 8.28. The Kier molecular flexibility index (Phi) is 4.66. The molecule has 4 nitrogen and oxygen atoms in total. The molecule has 1 aliphatic rings. The van der Waals surface area contributed by atoms with Gasteiger partial charge in [-0.2, -0.15) is 0 Å². The lowest BCUT2D eigenvalue weighted by molar-refractivity contribution is -0.00885. The smallest absolute Gasteiger partial charge is 0.0634 e. The summed E-state index contributed by atoms with van der Waals surface area (Å²) in [7, 11) is 0. The van der Waals surface area contributed by atoms with Crippen LogP contribution in [0.3, 0.4) is 0 Å². The van der Waals surface area contributed by atoms with E-state index in [-0.39, 0.29) is 6.10 Å². The Balaban J connectivity index is 2.27. The van der Waals surface area contributed by atoms with E-state index in [1.54, 1.807) is 0 Å². The lowest BCUT2D eigenvalue weighted by atomic mass is 10.2. The van der Waals surface area contributed by atoms with E-state index in [1.165, 1.54) is 0 Å². The summed E-state index contributed by atoms with van der Waals surface area (Å²) in [5.41, 5.74) is 5.62. The monoisotopic (exact) mass is 188 g/mol. The van der Waals surface area contributed by atoms with Gasteiger partial charge in [0.2, 0.25) is 0 Å². The Hall–Kier alpha value is -0.160. The maximum absolute atomic E-state index is 9.15. The summed E-state index contributed by atoms with van der Waals surface area (Å²) in [5.74, 6) is 0. The Bertz CT molecular complexity index is 142. The van der Waals surface area contributed by atoms with Gasteiger partial charge in [0.05, 0.1) is 19.3 Å². The van der Waals surface area contributed by atoms with Gasteiger partial charge in [-0.15, -0.1) is 0 Å². The number of aliphatic hydroxyl groups excluding tert-OH is 1. The van der Waals surface area contributed by atoms with Crippen LogP contribution in [-0.2, 0) is 4.74 Å². The maximum Gasteiger partial charge on any atom is 0.0634 e. The van der Waals surface area contributed by atoms with Crippen LogP contribution in [0.4, 0.5) is 0 Å². The van der Waals surface area contributed by atoms with E-state index < -0.39 is 0 Å². The van der Waals surface area contributed by atoms with Crippen LogP contribution in [0.15, 0.2) is 0 Å². The second-order valence-corrected chi connectivity index (χ2v) is 3.64. The molecule has 13 heavy (non-hydrogen) atoms. The van der Waals surface area contributed by atoms with E-state index in [0.29, 0.717) is 12.6 Å². The van der Waals surface area contributed by atoms with E-state index in [9.17, 15) is 0 Å². The van der Waals surface area contributed by atoms with Gasteiger partial charge in [-0.3, -0.25) is 4.90 Å². The minimum Gasteiger partial charge on any atom is -0.393 e. The molecule has 0 spiro atoms. The highest BCUT2D eigenvalue weighted by molar-refractivity contribution is 4.76. The van der Waals surface area contributed by atoms with Crippen molar-refractivity contribution in [3.63, 3.8) is 0 Å². The Morgan fingerprint density at radius 1 is 1.69 bits per heavy atom. The second-order valence-electron chi connectivity index (χ2n) is 3.64. The number of hydrogen-bond donors (Lipinski definition) is 2. The molecule has 0 saturated carbocycles. The maximum atomic E-state index is 9.15. The highest BCUT2D eigenvalue weighted by Gasteiger charge is 2.21. The predicted molar refractivity (Wildman–Crippen MR) is 51.5 cm³/mol. The van der Waals surface area contributed by atoms with Crippen molar-refractivity contribution in [2.75, 3.05) is 32.8 Å². The molecule has 0 aromatic rings. The topological polar surface area (TPSA) is 58.7 Å². The van der Waals surface area contributed by atoms with Crippen molar-refractivity contribution in [2.24, 2.45) is 5.73 Å². The SMILES string of the molecule is CC(O)CCN1CCOCC1CN.